The van der Waals surface area contributed by atoms with Gasteiger partial charge in [-0.1, -0.05) is 6.07 Å². The number of piperidine rings is 1. The zero-order valence-corrected chi connectivity index (χ0v) is 17.4. The van der Waals surface area contributed by atoms with Crippen LogP contribution in [0.4, 0.5) is 5.82 Å². The van der Waals surface area contributed by atoms with Crippen molar-refractivity contribution in [1.82, 2.24) is 20.1 Å². The zero-order valence-electron chi connectivity index (χ0n) is 17.4. The van der Waals surface area contributed by atoms with E-state index < -0.39 is 0 Å². The Labute approximate surface area is 175 Å². The van der Waals surface area contributed by atoms with Crippen molar-refractivity contribution in [2.45, 2.75) is 45.2 Å². The molecule has 0 bridgehead atoms. The average Bonchev–Trinajstić information content (AvgIpc) is 2.77. The highest BCUT2D eigenvalue weighted by Gasteiger charge is 2.25. The maximum Gasteiger partial charge on any atom is 0.267 e. The first kappa shape index (κ1) is 20.1. The smallest absolute Gasteiger partial charge is 0.267 e. The van der Waals surface area contributed by atoms with Gasteiger partial charge >= 0.3 is 0 Å². The number of rotatable bonds is 5. The van der Waals surface area contributed by atoms with Crippen molar-refractivity contribution < 1.29 is 4.79 Å². The molecule has 3 aromatic rings. The van der Waals surface area contributed by atoms with E-state index in [1.54, 1.807) is 18.3 Å². The fourth-order valence-corrected chi connectivity index (χ4v) is 3.98. The molecule has 0 aliphatic carbocycles. The Morgan fingerprint density at radius 1 is 1.20 bits per heavy atom. The Morgan fingerprint density at radius 2 is 2.07 bits per heavy atom. The fraction of sp³-hybridized carbons (Fsp3) is 0.391. The maximum absolute atomic E-state index is 12.8. The topological polar surface area (TPSA) is 80.1 Å². The van der Waals surface area contributed by atoms with Crippen LogP contribution in [-0.4, -0.2) is 39.8 Å². The SMILES string of the molecule is CC(C)n1nc(N2CCCCC2CNC(=O)c2ccc3ncccc3c2)ccc1=O. The number of aromatic nitrogens is 3. The third kappa shape index (κ3) is 4.20. The van der Waals surface area contributed by atoms with E-state index in [1.165, 1.54) is 4.68 Å². The molecular formula is C23H27N5O2. The van der Waals surface area contributed by atoms with Crippen molar-refractivity contribution in [3.05, 3.63) is 64.6 Å². The Balaban J connectivity index is 1.49. The summed E-state index contributed by atoms with van der Waals surface area (Å²) in [5.74, 6) is 0.699. The molecule has 1 N–H and O–H groups in total. The number of nitrogens with zero attached hydrogens (tertiary/aromatic N) is 4. The van der Waals surface area contributed by atoms with Crippen molar-refractivity contribution in [3.8, 4) is 0 Å². The second-order valence-electron chi connectivity index (χ2n) is 8.03. The summed E-state index contributed by atoms with van der Waals surface area (Å²) in [5.41, 5.74) is 1.41. The summed E-state index contributed by atoms with van der Waals surface area (Å²) in [4.78, 5) is 31.3. The van der Waals surface area contributed by atoms with Crippen LogP contribution in [0.1, 0.15) is 49.5 Å². The summed E-state index contributed by atoms with van der Waals surface area (Å²) >= 11 is 0. The lowest BCUT2D eigenvalue weighted by Gasteiger charge is -2.37. The Hall–Kier alpha value is -3.22. The lowest BCUT2D eigenvalue weighted by Crippen LogP contribution is -2.47. The number of amides is 1. The molecule has 0 spiro atoms. The van der Waals surface area contributed by atoms with Gasteiger partial charge < -0.3 is 10.2 Å². The van der Waals surface area contributed by atoms with Crippen LogP contribution in [0.25, 0.3) is 10.9 Å². The van der Waals surface area contributed by atoms with Crippen molar-refractivity contribution in [2.24, 2.45) is 0 Å². The van der Waals surface area contributed by atoms with E-state index in [2.05, 4.69) is 20.3 Å². The third-order valence-electron chi connectivity index (χ3n) is 5.58. The van der Waals surface area contributed by atoms with Crippen LogP contribution in [0.3, 0.4) is 0 Å². The highest BCUT2D eigenvalue weighted by molar-refractivity contribution is 5.97. The van der Waals surface area contributed by atoms with Crippen LogP contribution in [0.15, 0.2) is 53.5 Å². The van der Waals surface area contributed by atoms with Gasteiger partial charge in [-0.05, 0) is 63.4 Å². The van der Waals surface area contributed by atoms with Gasteiger partial charge in [0.25, 0.3) is 11.5 Å². The van der Waals surface area contributed by atoms with Crippen molar-refractivity contribution >= 4 is 22.6 Å². The number of carbonyl (C=O) groups is 1. The summed E-state index contributed by atoms with van der Waals surface area (Å²) in [6, 6.07) is 12.9. The standard InChI is InChI=1S/C23H27N5O2/c1-16(2)28-22(29)11-10-21(26-28)27-13-4-3-7-19(27)15-25-23(30)18-8-9-20-17(14-18)6-5-12-24-20/h5-6,8-12,14,16,19H,3-4,7,13,15H2,1-2H3,(H,25,30). The molecule has 156 valence electrons. The van der Waals surface area contributed by atoms with E-state index in [4.69, 9.17) is 0 Å². The first-order chi connectivity index (χ1) is 14.5. The first-order valence-electron chi connectivity index (χ1n) is 10.5. The van der Waals surface area contributed by atoms with Crippen LogP contribution in [0.5, 0.6) is 0 Å². The number of nitrogens with one attached hydrogen (secondary N) is 1. The van der Waals surface area contributed by atoms with Crippen LogP contribution in [0, 0.1) is 0 Å². The molecule has 1 atom stereocenters. The van der Waals surface area contributed by atoms with Gasteiger partial charge in [-0.3, -0.25) is 14.6 Å². The van der Waals surface area contributed by atoms with E-state index in [0.717, 1.165) is 42.5 Å². The molecule has 1 aliphatic heterocycles. The van der Waals surface area contributed by atoms with E-state index in [0.29, 0.717) is 12.1 Å². The van der Waals surface area contributed by atoms with Gasteiger partial charge in [0.15, 0.2) is 0 Å². The number of hydrogen-bond donors (Lipinski definition) is 1. The molecule has 1 fully saturated rings. The summed E-state index contributed by atoms with van der Waals surface area (Å²) < 4.78 is 1.52. The predicted molar refractivity (Wildman–Crippen MR) is 118 cm³/mol. The van der Waals surface area contributed by atoms with Gasteiger partial charge in [0.2, 0.25) is 0 Å². The molecule has 2 aromatic heterocycles. The van der Waals surface area contributed by atoms with Crippen LogP contribution in [0.2, 0.25) is 0 Å². The summed E-state index contributed by atoms with van der Waals surface area (Å²) in [5, 5.41) is 8.61. The molecule has 1 aromatic carbocycles. The van der Waals surface area contributed by atoms with Gasteiger partial charge in [-0.2, -0.15) is 5.10 Å². The van der Waals surface area contributed by atoms with E-state index >= 15 is 0 Å². The lowest BCUT2D eigenvalue weighted by atomic mass is 10.0. The summed E-state index contributed by atoms with van der Waals surface area (Å²) in [6.45, 7) is 5.30. The van der Waals surface area contributed by atoms with Gasteiger partial charge in [0.05, 0.1) is 11.6 Å². The molecule has 7 nitrogen and oxygen atoms in total. The predicted octanol–water partition coefficient (Wildman–Crippen LogP) is 3.16. The van der Waals surface area contributed by atoms with Crippen molar-refractivity contribution in [2.75, 3.05) is 18.0 Å². The molecule has 0 radical (unpaired) electrons. The first-order valence-corrected chi connectivity index (χ1v) is 10.5. The second kappa shape index (κ2) is 8.65. The molecule has 4 rings (SSSR count). The minimum atomic E-state index is -0.0959. The molecule has 1 amide bonds. The highest BCUT2D eigenvalue weighted by atomic mass is 16.1. The van der Waals surface area contributed by atoms with Gasteiger partial charge in [0, 0.05) is 42.3 Å². The summed E-state index contributed by atoms with van der Waals surface area (Å²) in [6.07, 6.45) is 4.91. The Kier molecular flexibility index (Phi) is 5.79. The van der Waals surface area contributed by atoms with Crippen LogP contribution < -0.4 is 15.8 Å². The van der Waals surface area contributed by atoms with Crippen LogP contribution >= 0.6 is 0 Å². The fourth-order valence-electron chi connectivity index (χ4n) is 3.98. The lowest BCUT2D eigenvalue weighted by molar-refractivity contribution is 0.0949. The van der Waals surface area contributed by atoms with Crippen molar-refractivity contribution in [3.63, 3.8) is 0 Å². The Bertz CT molecular complexity index is 1110. The number of hydrogen-bond acceptors (Lipinski definition) is 5. The molecule has 1 unspecified atom stereocenters. The van der Waals surface area contributed by atoms with Gasteiger partial charge in [-0.15, -0.1) is 0 Å². The maximum atomic E-state index is 12.8. The normalized spacial score (nSPS) is 16.8. The number of anilines is 1. The average molecular weight is 406 g/mol. The van der Waals surface area contributed by atoms with E-state index in [9.17, 15) is 9.59 Å². The van der Waals surface area contributed by atoms with Crippen LogP contribution in [-0.2, 0) is 0 Å². The van der Waals surface area contributed by atoms with E-state index in [-0.39, 0.29) is 23.6 Å². The monoisotopic (exact) mass is 405 g/mol. The van der Waals surface area contributed by atoms with E-state index in [1.807, 2.05) is 44.2 Å². The number of fused-ring (bicyclic) bond motifs is 1. The minimum Gasteiger partial charge on any atom is -0.350 e. The highest BCUT2D eigenvalue weighted by Crippen LogP contribution is 2.22. The third-order valence-corrected chi connectivity index (χ3v) is 5.58. The number of pyridine rings is 1. The quantitative estimate of drug-likeness (QED) is 0.705. The number of benzene rings is 1. The zero-order chi connectivity index (χ0) is 21.1. The summed E-state index contributed by atoms with van der Waals surface area (Å²) in [7, 11) is 0. The van der Waals surface area contributed by atoms with Gasteiger partial charge in [0.1, 0.15) is 5.82 Å². The number of carbonyl (C=O) groups excluding carboxylic acids is 1. The molecule has 7 heteroatoms. The molecule has 1 saturated heterocycles. The Morgan fingerprint density at radius 3 is 2.90 bits per heavy atom. The second-order valence-corrected chi connectivity index (χ2v) is 8.03. The molecule has 30 heavy (non-hydrogen) atoms. The molecule has 0 saturated carbocycles. The molecule has 1 aliphatic rings. The largest absolute Gasteiger partial charge is 0.350 e. The van der Waals surface area contributed by atoms with Gasteiger partial charge in [-0.25, -0.2) is 4.68 Å². The molecule has 3 heterocycles. The minimum absolute atomic E-state index is 0.00258. The van der Waals surface area contributed by atoms with Crippen molar-refractivity contribution in [1.29, 1.82) is 0 Å². The molecular weight excluding hydrogens is 378 g/mol.